The van der Waals surface area contributed by atoms with Crippen LogP contribution in [0.15, 0.2) is 47.6 Å². The molecule has 0 bridgehead atoms. The molecule has 8 heteroatoms. The van der Waals surface area contributed by atoms with Gasteiger partial charge in [-0.3, -0.25) is 0 Å². The maximum atomic E-state index is 6.10. The van der Waals surface area contributed by atoms with Crippen molar-refractivity contribution in [3.05, 3.63) is 74.2 Å². The van der Waals surface area contributed by atoms with E-state index in [4.69, 9.17) is 40.2 Å². The molecule has 3 aromatic rings. The molecular formula is C17H14Cl2N4OS. The Morgan fingerprint density at radius 3 is 2.68 bits per heavy atom. The highest BCUT2D eigenvalue weighted by atomic mass is 35.5. The number of aromatic amines is 1. The number of rotatable bonds is 5. The van der Waals surface area contributed by atoms with E-state index >= 15 is 0 Å². The summed E-state index contributed by atoms with van der Waals surface area (Å²) in [4.78, 5) is 0. The quantitative estimate of drug-likeness (QED) is 0.489. The highest BCUT2D eigenvalue weighted by Crippen LogP contribution is 2.32. The van der Waals surface area contributed by atoms with Crippen LogP contribution < -0.4 is 4.74 Å². The second-order valence-electron chi connectivity index (χ2n) is 5.25. The molecule has 2 aromatic carbocycles. The molecule has 0 spiro atoms. The second-order valence-corrected chi connectivity index (χ2v) is 6.46. The van der Waals surface area contributed by atoms with Gasteiger partial charge in [0.25, 0.3) is 0 Å². The van der Waals surface area contributed by atoms with Crippen molar-refractivity contribution < 1.29 is 4.74 Å². The minimum absolute atomic E-state index is 0.113. The Hall–Kier alpha value is -2.15. The number of para-hydroxylation sites is 1. The first-order valence-corrected chi connectivity index (χ1v) is 8.55. The minimum Gasteiger partial charge on any atom is -0.482 e. The van der Waals surface area contributed by atoms with Gasteiger partial charge in [0.15, 0.2) is 11.6 Å². The number of aromatic nitrogens is 3. The zero-order chi connectivity index (χ0) is 17.8. The Kier molecular flexibility index (Phi) is 5.53. The largest absolute Gasteiger partial charge is 0.482 e. The Labute approximate surface area is 159 Å². The van der Waals surface area contributed by atoms with Gasteiger partial charge < -0.3 is 4.74 Å². The summed E-state index contributed by atoms with van der Waals surface area (Å²) in [5, 5.41) is 12.1. The van der Waals surface area contributed by atoms with Crippen LogP contribution in [-0.2, 0) is 6.61 Å². The van der Waals surface area contributed by atoms with E-state index in [1.165, 1.54) is 4.68 Å². The minimum atomic E-state index is 0.113. The lowest BCUT2D eigenvalue weighted by Crippen LogP contribution is -2.04. The first kappa shape index (κ1) is 17.7. The van der Waals surface area contributed by atoms with Crippen LogP contribution in [0.25, 0.3) is 0 Å². The molecule has 0 unspecified atom stereocenters. The Morgan fingerprint density at radius 2 is 1.96 bits per heavy atom. The monoisotopic (exact) mass is 392 g/mol. The molecule has 0 atom stereocenters. The molecule has 1 heterocycles. The van der Waals surface area contributed by atoms with Crippen molar-refractivity contribution in [1.29, 1.82) is 0 Å². The van der Waals surface area contributed by atoms with Crippen molar-refractivity contribution >= 4 is 41.6 Å². The molecule has 5 nitrogen and oxygen atoms in total. The van der Waals surface area contributed by atoms with Gasteiger partial charge in [0.1, 0.15) is 6.61 Å². The van der Waals surface area contributed by atoms with Gasteiger partial charge >= 0.3 is 0 Å². The molecule has 0 aliphatic heterocycles. The van der Waals surface area contributed by atoms with E-state index in [-0.39, 0.29) is 6.61 Å². The molecule has 0 fully saturated rings. The molecule has 0 amide bonds. The van der Waals surface area contributed by atoms with Gasteiger partial charge in [0, 0.05) is 0 Å². The average Bonchev–Trinajstić information content (AvgIpc) is 2.93. The molecule has 0 saturated heterocycles. The fourth-order valence-electron chi connectivity index (χ4n) is 2.17. The number of benzene rings is 2. The van der Waals surface area contributed by atoms with Gasteiger partial charge in [0.05, 0.1) is 16.3 Å². The highest BCUT2D eigenvalue weighted by molar-refractivity contribution is 7.71. The maximum absolute atomic E-state index is 6.10. The normalized spacial score (nSPS) is 11.2. The van der Waals surface area contributed by atoms with Crippen LogP contribution in [0.3, 0.4) is 0 Å². The summed E-state index contributed by atoms with van der Waals surface area (Å²) < 4.78 is 7.56. The lowest BCUT2D eigenvalue weighted by atomic mass is 10.2. The van der Waals surface area contributed by atoms with E-state index in [1.807, 2.05) is 31.2 Å². The maximum Gasteiger partial charge on any atom is 0.216 e. The third kappa shape index (κ3) is 4.28. The Bertz CT molecular complexity index is 961. The summed E-state index contributed by atoms with van der Waals surface area (Å²) in [7, 11) is 0. The van der Waals surface area contributed by atoms with Crippen molar-refractivity contribution in [2.75, 3.05) is 0 Å². The smallest absolute Gasteiger partial charge is 0.216 e. The third-order valence-corrected chi connectivity index (χ3v) is 4.21. The first-order chi connectivity index (χ1) is 12.0. The summed E-state index contributed by atoms with van der Waals surface area (Å²) in [6, 6.07) is 13.1. The third-order valence-electron chi connectivity index (χ3n) is 3.35. The number of H-pyrrole nitrogens is 1. The van der Waals surface area contributed by atoms with Crippen molar-refractivity contribution in [3.8, 4) is 5.75 Å². The number of hydrogen-bond acceptors (Lipinski definition) is 4. The molecule has 25 heavy (non-hydrogen) atoms. The predicted molar refractivity (Wildman–Crippen MR) is 102 cm³/mol. The predicted octanol–water partition coefficient (Wildman–Crippen LogP) is 5.02. The topological polar surface area (TPSA) is 55.2 Å². The number of hydrogen-bond donors (Lipinski definition) is 1. The average molecular weight is 393 g/mol. The summed E-state index contributed by atoms with van der Waals surface area (Å²) in [6.07, 6.45) is 1.71. The summed E-state index contributed by atoms with van der Waals surface area (Å²) in [6.45, 7) is 2.13. The van der Waals surface area contributed by atoms with Crippen molar-refractivity contribution in [2.45, 2.75) is 13.5 Å². The molecule has 128 valence electrons. The number of nitrogens with one attached hydrogen (secondary N) is 1. The van der Waals surface area contributed by atoms with Crippen LogP contribution >= 0.6 is 35.4 Å². The Morgan fingerprint density at radius 1 is 1.24 bits per heavy atom. The van der Waals surface area contributed by atoms with E-state index < -0.39 is 0 Å². The zero-order valence-corrected chi connectivity index (χ0v) is 15.6. The highest BCUT2D eigenvalue weighted by Gasteiger charge is 2.10. The number of nitrogens with zero attached hydrogens (tertiary/aromatic N) is 3. The van der Waals surface area contributed by atoms with Gasteiger partial charge in [-0.25, -0.2) is 5.10 Å². The molecule has 0 radical (unpaired) electrons. The fraction of sp³-hybridized carbons (Fsp3) is 0.118. The summed E-state index contributed by atoms with van der Waals surface area (Å²) in [5.74, 6) is 0.902. The van der Waals surface area contributed by atoms with E-state index in [1.54, 1.807) is 24.4 Å². The van der Waals surface area contributed by atoms with Gasteiger partial charge in [-0.1, -0.05) is 59.1 Å². The summed E-state index contributed by atoms with van der Waals surface area (Å²) in [5.41, 5.74) is 2.11. The zero-order valence-electron chi connectivity index (χ0n) is 13.2. The molecule has 0 saturated carbocycles. The lowest BCUT2D eigenvalue weighted by molar-refractivity contribution is 0.291. The second kappa shape index (κ2) is 7.82. The van der Waals surface area contributed by atoms with Crippen LogP contribution in [-0.4, -0.2) is 21.1 Å². The molecule has 3 rings (SSSR count). The molecule has 1 N–H and O–H groups in total. The molecular weight excluding hydrogens is 379 g/mol. The molecule has 0 aliphatic rings. The SMILES string of the molecule is Cc1cccc(/C=N\n2c(COc3c(Cl)cccc3Cl)n[nH]c2=S)c1. The lowest BCUT2D eigenvalue weighted by Gasteiger charge is -2.08. The van der Waals surface area contributed by atoms with Crippen LogP contribution in [0.4, 0.5) is 0 Å². The van der Waals surface area contributed by atoms with E-state index in [9.17, 15) is 0 Å². The van der Waals surface area contributed by atoms with Crippen LogP contribution in [0.2, 0.25) is 10.0 Å². The number of ether oxygens (including phenoxy) is 1. The Balaban J connectivity index is 1.81. The van der Waals surface area contributed by atoms with Crippen molar-refractivity contribution in [3.63, 3.8) is 0 Å². The van der Waals surface area contributed by atoms with Gasteiger partial charge in [0.2, 0.25) is 4.77 Å². The molecule has 0 aliphatic carbocycles. The van der Waals surface area contributed by atoms with E-state index in [0.717, 1.165) is 11.1 Å². The fourth-order valence-corrected chi connectivity index (χ4v) is 2.87. The molecule has 1 aromatic heterocycles. The van der Waals surface area contributed by atoms with Crippen LogP contribution in [0.1, 0.15) is 17.0 Å². The van der Waals surface area contributed by atoms with Crippen LogP contribution in [0.5, 0.6) is 5.75 Å². The van der Waals surface area contributed by atoms with E-state index in [0.29, 0.717) is 26.4 Å². The summed E-state index contributed by atoms with van der Waals surface area (Å²) >= 11 is 17.4. The first-order valence-electron chi connectivity index (χ1n) is 7.39. The van der Waals surface area contributed by atoms with Crippen molar-refractivity contribution in [1.82, 2.24) is 14.9 Å². The van der Waals surface area contributed by atoms with Gasteiger partial charge in [-0.15, -0.1) is 0 Å². The van der Waals surface area contributed by atoms with Crippen LogP contribution in [0, 0.1) is 11.7 Å². The standard InChI is InChI=1S/C17H14Cl2N4OS/c1-11-4-2-5-12(8-11)9-20-23-15(21-22-17(23)25)10-24-16-13(18)6-3-7-14(16)19/h2-9H,10H2,1H3,(H,22,25)/b20-9-. The number of halogens is 2. The van der Waals surface area contributed by atoms with Gasteiger partial charge in [-0.2, -0.15) is 14.9 Å². The van der Waals surface area contributed by atoms with Gasteiger partial charge in [-0.05, 0) is 36.8 Å². The van der Waals surface area contributed by atoms with Crippen molar-refractivity contribution in [2.24, 2.45) is 5.10 Å². The van der Waals surface area contributed by atoms with E-state index in [2.05, 4.69) is 15.3 Å². The number of aryl methyl sites for hydroxylation is 1.